The smallest absolute Gasteiger partial charge is 0.275 e. The normalized spacial score (nSPS) is 12.1. The van der Waals surface area contributed by atoms with Gasteiger partial charge in [-0.25, -0.2) is 4.68 Å². The van der Waals surface area contributed by atoms with Crippen LogP contribution in [0.1, 0.15) is 24.1 Å². The number of carbonyl (C=O) groups excluding carboxylic acids is 1. The molecular weight excluding hydrogens is 302 g/mol. The van der Waals surface area contributed by atoms with Crippen LogP contribution in [0.15, 0.2) is 53.5 Å². The molecule has 24 heavy (non-hydrogen) atoms. The molecule has 0 unspecified atom stereocenters. The van der Waals surface area contributed by atoms with E-state index in [1.54, 1.807) is 25.3 Å². The number of anilines is 1. The van der Waals surface area contributed by atoms with Crippen LogP contribution in [0.3, 0.4) is 0 Å². The molecule has 0 saturated heterocycles. The van der Waals surface area contributed by atoms with Gasteiger partial charge in [0.05, 0.1) is 11.6 Å². The summed E-state index contributed by atoms with van der Waals surface area (Å²) in [5, 5.41) is 8.31. The molecule has 0 radical (unpaired) electrons. The number of aromatic nitrogens is 2. The van der Waals surface area contributed by atoms with E-state index in [0.29, 0.717) is 11.1 Å². The van der Waals surface area contributed by atoms with Crippen LogP contribution in [0.25, 0.3) is 10.8 Å². The summed E-state index contributed by atoms with van der Waals surface area (Å²) in [6, 6.07) is 12.2. The van der Waals surface area contributed by atoms with E-state index in [9.17, 15) is 9.59 Å². The summed E-state index contributed by atoms with van der Waals surface area (Å²) in [6.07, 6.45) is 1.61. The van der Waals surface area contributed by atoms with Crippen LogP contribution in [-0.2, 0) is 4.79 Å². The Kier molecular flexibility index (Phi) is 4.16. The molecule has 1 aromatic heterocycles. The molecule has 3 rings (SSSR count). The Morgan fingerprint density at radius 2 is 1.88 bits per heavy atom. The second-order valence-electron chi connectivity index (χ2n) is 5.95. The molecule has 3 aromatic rings. The van der Waals surface area contributed by atoms with Gasteiger partial charge in [0.1, 0.15) is 6.04 Å². The van der Waals surface area contributed by atoms with Crippen molar-refractivity contribution in [2.45, 2.75) is 26.8 Å². The van der Waals surface area contributed by atoms with Crippen LogP contribution in [0.2, 0.25) is 0 Å². The number of aryl methyl sites for hydroxylation is 2. The van der Waals surface area contributed by atoms with Gasteiger partial charge in [-0.1, -0.05) is 24.3 Å². The molecule has 5 heteroatoms. The Hall–Kier alpha value is -2.95. The maximum absolute atomic E-state index is 12.5. The lowest BCUT2D eigenvalue weighted by molar-refractivity contribution is -0.119. The fourth-order valence-electron chi connectivity index (χ4n) is 2.56. The lowest BCUT2D eigenvalue weighted by Crippen LogP contribution is -2.33. The highest BCUT2D eigenvalue weighted by atomic mass is 16.2. The summed E-state index contributed by atoms with van der Waals surface area (Å²) in [5.74, 6) is -0.275. The second-order valence-corrected chi connectivity index (χ2v) is 5.95. The molecule has 1 atom stereocenters. The van der Waals surface area contributed by atoms with E-state index in [2.05, 4.69) is 10.4 Å². The first-order valence-electron chi connectivity index (χ1n) is 7.82. The predicted molar refractivity (Wildman–Crippen MR) is 95.3 cm³/mol. The molecule has 0 aliphatic heterocycles. The van der Waals surface area contributed by atoms with Crippen molar-refractivity contribution in [1.29, 1.82) is 0 Å². The molecule has 0 fully saturated rings. The number of amides is 1. The third-order valence-corrected chi connectivity index (χ3v) is 4.24. The third kappa shape index (κ3) is 2.93. The van der Waals surface area contributed by atoms with Gasteiger partial charge in [-0.2, -0.15) is 5.10 Å². The molecule has 1 amide bonds. The van der Waals surface area contributed by atoms with Crippen molar-refractivity contribution >= 4 is 22.4 Å². The van der Waals surface area contributed by atoms with Crippen LogP contribution in [0.4, 0.5) is 5.69 Å². The van der Waals surface area contributed by atoms with Crippen molar-refractivity contribution in [3.05, 3.63) is 70.1 Å². The number of fused-ring (bicyclic) bond motifs is 1. The van der Waals surface area contributed by atoms with Gasteiger partial charge in [-0.15, -0.1) is 0 Å². The Balaban J connectivity index is 1.89. The average molecular weight is 321 g/mol. The summed E-state index contributed by atoms with van der Waals surface area (Å²) < 4.78 is 1.22. The van der Waals surface area contributed by atoms with Gasteiger partial charge in [-0.05, 0) is 50.1 Å². The number of hydrogen-bond donors (Lipinski definition) is 1. The van der Waals surface area contributed by atoms with Gasteiger partial charge < -0.3 is 5.32 Å². The molecular formula is C19H19N3O2. The van der Waals surface area contributed by atoms with E-state index >= 15 is 0 Å². The van der Waals surface area contributed by atoms with E-state index in [-0.39, 0.29) is 11.5 Å². The highest BCUT2D eigenvalue weighted by Gasteiger charge is 2.18. The first-order valence-corrected chi connectivity index (χ1v) is 7.82. The van der Waals surface area contributed by atoms with Gasteiger partial charge in [0.2, 0.25) is 5.91 Å². The van der Waals surface area contributed by atoms with Gasteiger partial charge in [0, 0.05) is 11.1 Å². The molecule has 1 heterocycles. The van der Waals surface area contributed by atoms with Crippen LogP contribution >= 0.6 is 0 Å². The fourth-order valence-corrected chi connectivity index (χ4v) is 2.56. The molecule has 0 bridgehead atoms. The minimum Gasteiger partial charge on any atom is -0.324 e. The Bertz CT molecular complexity index is 976. The monoisotopic (exact) mass is 321 g/mol. The van der Waals surface area contributed by atoms with Crippen LogP contribution in [0.5, 0.6) is 0 Å². The fraction of sp³-hybridized carbons (Fsp3) is 0.211. The van der Waals surface area contributed by atoms with Crippen molar-refractivity contribution < 1.29 is 4.79 Å². The van der Waals surface area contributed by atoms with Crippen molar-refractivity contribution in [3.63, 3.8) is 0 Å². The number of rotatable bonds is 3. The molecule has 0 aliphatic carbocycles. The first kappa shape index (κ1) is 15.9. The zero-order chi connectivity index (χ0) is 17.3. The number of benzene rings is 2. The summed E-state index contributed by atoms with van der Waals surface area (Å²) in [6.45, 7) is 5.67. The number of nitrogens with zero attached hydrogens (tertiary/aromatic N) is 2. The highest BCUT2D eigenvalue weighted by molar-refractivity contribution is 5.93. The van der Waals surface area contributed by atoms with Crippen LogP contribution in [0, 0.1) is 13.8 Å². The van der Waals surface area contributed by atoms with Crippen molar-refractivity contribution in [2.24, 2.45) is 0 Å². The topological polar surface area (TPSA) is 64.0 Å². The van der Waals surface area contributed by atoms with E-state index in [1.165, 1.54) is 4.68 Å². The minimum atomic E-state index is -0.705. The summed E-state index contributed by atoms with van der Waals surface area (Å²) in [4.78, 5) is 25.0. The molecule has 0 spiro atoms. The van der Waals surface area contributed by atoms with Crippen molar-refractivity contribution in [3.8, 4) is 0 Å². The molecule has 0 saturated carbocycles. The van der Waals surface area contributed by atoms with E-state index in [0.717, 1.165) is 16.5 Å². The molecule has 1 N–H and O–H groups in total. The number of nitrogens with one attached hydrogen (secondary N) is 1. The quantitative estimate of drug-likeness (QED) is 0.805. The van der Waals surface area contributed by atoms with Gasteiger partial charge in [0.15, 0.2) is 0 Å². The van der Waals surface area contributed by atoms with E-state index in [4.69, 9.17) is 0 Å². The largest absolute Gasteiger partial charge is 0.324 e. The van der Waals surface area contributed by atoms with Crippen LogP contribution in [-0.4, -0.2) is 15.7 Å². The van der Waals surface area contributed by atoms with Crippen LogP contribution < -0.4 is 10.9 Å². The third-order valence-electron chi connectivity index (χ3n) is 4.24. The Labute approximate surface area is 139 Å². The maximum atomic E-state index is 12.5. The second kappa shape index (κ2) is 6.28. The Morgan fingerprint density at radius 3 is 2.62 bits per heavy atom. The summed E-state index contributed by atoms with van der Waals surface area (Å²) in [7, 11) is 0. The van der Waals surface area contributed by atoms with E-state index in [1.807, 2.05) is 44.2 Å². The highest BCUT2D eigenvalue weighted by Crippen LogP contribution is 2.16. The molecule has 2 aromatic carbocycles. The lowest BCUT2D eigenvalue weighted by Gasteiger charge is -2.15. The van der Waals surface area contributed by atoms with Crippen molar-refractivity contribution in [1.82, 2.24) is 9.78 Å². The van der Waals surface area contributed by atoms with Crippen molar-refractivity contribution in [2.75, 3.05) is 5.32 Å². The number of carbonyl (C=O) groups is 1. The molecule has 0 aliphatic rings. The maximum Gasteiger partial charge on any atom is 0.275 e. The Morgan fingerprint density at radius 1 is 1.12 bits per heavy atom. The van der Waals surface area contributed by atoms with E-state index < -0.39 is 6.04 Å². The zero-order valence-electron chi connectivity index (χ0n) is 13.9. The lowest BCUT2D eigenvalue weighted by atomic mass is 10.1. The number of hydrogen-bond acceptors (Lipinski definition) is 3. The standard InChI is InChI=1S/C19H19N3O2/c1-12-8-9-16(10-13(12)2)21-18(23)14(3)22-19(24)17-7-5-4-6-15(17)11-20-22/h4-11,14H,1-3H3,(H,21,23)/t14-/m1/s1. The SMILES string of the molecule is Cc1ccc(NC(=O)[C@@H](C)n2ncc3ccccc3c2=O)cc1C. The van der Waals surface area contributed by atoms with Gasteiger partial charge in [-0.3, -0.25) is 9.59 Å². The summed E-state index contributed by atoms with van der Waals surface area (Å²) >= 11 is 0. The van der Waals surface area contributed by atoms with Gasteiger partial charge in [0.25, 0.3) is 5.56 Å². The predicted octanol–water partition coefficient (Wildman–Crippen LogP) is 3.21. The zero-order valence-corrected chi connectivity index (χ0v) is 13.9. The first-order chi connectivity index (χ1) is 11.5. The average Bonchev–Trinajstić information content (AvgIpc) is 2.58. The van der Waals surface area contributed by atoms with Gasteiger partial charge >= 0.3 is 0 Å². The molecule has 122 valence electrons. The summed E-state index contributed by atoms with van der Waals surface area (Å²) in [5.41, 5.74) is 2.70. The molecule has 5 nitrogen and oxygen atoms in total. The minimum absolute atomic E-state index is 0.268.